The van der Waals surface area contributed by atoms with E-state index in [0.717, 1.165) is 12.1 Å². The standard InChI is InChI=1S/C21H23F4NO2.ClH/c1-5-28-18(27)10-17(26)16-9-14(6-13(4)20(16)22)19-11(2)7-15(8-12(19)3)21(23,24)25;/h6-9,17H,5,10,26H2,1-4H3;1H/t17-;/m0./s1. The minimum Gasteiger partial charge on any atom is -0.466 e. The van der Waals surface area contributed by atoms with E-state index in [0.29, 0.717) is 27.8 Å². The molecule has 1 atom stereocenters. The van der Waals surface area contributed by atoms with Gasteiger partial charge in [-0.3, -0.25) is 4.79 Å². The van der Waals surface area contributed by atoms with E-state index < -0.39 is 29.6 Å². The summed E-state index contributed by atoms with van der Waals surface area (Å²) in [7, 11) is 0. The maximum atomic E-state index is 14.6. The maximum absolute atomic E-state index is 14.6. The number of carbonyl (C=O) groups excluding carboxylic acids is 1. The van der Waals surface area contributed by atoms with Crippen LogP contribution >= 0.6 is 12.4 Å². The van der Waals surface area contributed by atoms with Crippen molar-refractivity contribution in [2.24, 2.45) is 5.73 Å². The van der Waals surface area contributed by atoms with Crippen molar-refractivity contribution in [2.75, 3.05) is 6.61 Å². The first-order valence-corrected chi connectivity index (χ1v) is 8.85. The van der Waals surface area contributed by atoms with Crippen LogP contribution in [0.3, 0.4) is 0 Å². The Balaban J connectivity index is 0.00000420. The highest BCUT2D eigenvalue weighted by molar-refractivity contribution is 5.85. The molecule has 2 N–H and O–H groups in total. The van der Waals surface area contributed by atoms with Gasteiger partial charge in [0, 0.05) is 11.6 Å². The first-order chi connectivity index (χ1) is 13.0. The van der Waals surface area contributed by atoms with Gasteiger partial charge in [0.15, 0.2) is 0 Å². The SMILES string of the molecule is CCOC(=O)C[C@H](N)c1cc(-c2c(C)cc(C(F)(F)F)cc2C)cc(C)c1F.Cl. The lowest BCUT2D eigenvalue weighted by Gasteiger charge is -2.19. The second-order valence-electron chi connectivity index (χ2n) is 6.79. The molecule has 2 aromatic rings. The van der Waals surface area contributed by atoms with Crippen LogP contribution < -0.4 is 5.73 Å². The molecule has 0 fully saturated rings. The number of ether oxygens (including phenoxy) is 1. The number of halogens is 5. The summed E-state index contributed by atoms with van der Waals surface area (Å²) >= 11 is 0. The van der Waals surface area contributed by atoms with Gasteiger partial charge in [0.1, 0.15) is 5.82 Å². The number of rotatable bonds is 5. The molecule has 0 spiro atoms. The summed E-state index contributed by atoms with van der Waals surface area (Å²) < 4.78 is 58.6. The largest absolute Gasteiger partial charge is 0.466 e. The van der Waals surface area contributed by atoms with Gasteiger partial charge in [-0.05, 0) is 79.8 Å². The van der Waals surface area contributed by atoms with Crippen molar-refractivity contribution >= 4 is 18.4 Å². The first kappa shape index (κ1) is 24.9. The molecule has 29 heavy (non-hydrogen) atoms. The van der Waals surface area contributed by atoms with Crippen molar-refractivity contribution in [3.63, 3.8) is 0 Å². The molecule has 0 heterocycles. The zero-order chi connectivity index (χ0) is 21.2. The summed E-state index contributed by atoms with van der Waals surface area (Å²) in [5, 5.41) is 0. The van der Waals surface area contributed by atoms with Crippen LogP contribution in [0.4, 0.5) is 17.6 Å². The lowest BCUT2D eigenvalue weighted by Crippen LogP contribution is -2.19. The highest BCUT2D eigenvalue weighted by atomic mass is 35.5. The Morgan fingerprint density at radius 2 is 1.62 bits per heavy atom. The van der Waals surface area contributed by atoms with Gasteiger partial charge in [0.05, 0.1) is 18.6 Å². The normalized spacial score (nSPS) is 12.3. The van der Waals surface area contributed by atoms with Gasteiger partial charge in [-0.25, -0.2) is 4.39 Å². The zero-order valence-corrected chi connectivity index (χ0v) is 17.4. The molecular weight excluding hydrogens is 410 g/mol. The van der Waals surface area contributed by atoms with Crippen molar-refractivity contribution in [3.05, 3.63) is 57.9 Å². The zero-order valence-electron chi connectivity index (χ0n) is 16.6. The van der Waals surface area contributed by atoms with E-state index >= 15 is 0 Å². The second-order valence-corrected chi connectivity index (χ2v) is 6.79. The van der Waals surface area contributed by atoms with Crippen LogP contribution in [0.25, 0.3) is 11.1 Å². The molecule has 0 aliphatic rings. The Morgan fingerprint density at radius 3 is 2.10 bits per heavy atom. The Bertz CT molecular complexity index is 874. The highest BCUT2D eigenvalue weighted by Gasteiger charge is 2.31. The van der Waals surface area contributed by atoms with E-state index in [1.165, 1.54) is 6.07 Å². The highest BCUT2D eigenvalue weighted by Crippen LogP contribution is 2.37. The maximum Gasteiger partial charge on any atom is 0.416 e. The van der Waals surface area contributed by atoms with Gasteiger partial charge in [-0.1, -0.05) is 0 Å². The topological polar surface area (TPSA) is 52.3 Å². The fraction of sp³-hybridized carbons (Fsp3) is 0.381. The fourth-order valence-corrected chi connectivity index (χ4v) is 3.30. The van der Waals surface area contributed by atoms with Crippen molar-refractivity contribution in [2.45, 2.75) is 46.3 Å². The minimum absolute atomic E-state index is 0. The third-order valence-corrected chi connectivity index (χ3v) is 4.52. The number of esters is 1. The van der Waals surface area contributed by atoms with Crippen LogP contribution in [0.1, 0.15) is 47.2 Å². The number of nitrogens with two attached hydrogens (primary N) is 1. The predicted octanol–water partition coefficient (Wildman–Crippen LogP) is 5.81. The molecule has 0 unspecified atom stereocenters. The molecule has 3 nitrogen and oxygen atoms in total. The molecule has 0 radical (unpaired) electrons. The van der Waals surface area contributed by atoms with Gasteiger partial charge < -0.3 is 10.5 Å². The Kier molecular flexibility index (Phi) is 8.24. The summed E-state index contributed by atoms with van der Waals surface area (Å²) in [4.78, 5) is 11.7. The number of benzene rings is 2. The summed E-state index contributed by atoms with van der Waals surface area (Å²) in [6.45, 7) is 6.55. The van der Waals surface area contributed by atoms with Crippen LogP contribution in [0, 0.1) is 26.6 Å². The summed E-state index contributed by atoms with van der Waals surface area (Å²) in [5.41, 5.74) is 7.68. The first-order valence-electron chi connectivity index (χ1n) is 8.85. The third-order valence-electron chi connectivity index (χ3n) is 4.52. The van der Waals surface area contributed by atoms with Crippen LogP contribution in [-0.4, -0.2) is 12.6 Å². The molecule has 0 amide bonds. The van der Waals surface area contributed by atoms with Crippen molar-refractivity contribution in [3.8, 4) is 11.1 Å². The Hall–Kier alpha value is -2.12. The molecule has 0 bridgehead atoms. The summed E-state index contributed by atoms with van der Waals surface area (Å²) in [6, 6.07) is 4.28. The smallest absolute Gasteiger partial charge is 0.416 e. The second kappa shape index (κ2) is 9.59. The Morgan fingerprint density at radius 1 is 1.07 bits per heavy atom. The molecule has 2 rings (SSSR count). The Labute approximate surface area is 173 Å². The summed E-state index contributed by atoms with van der Waals surface area (Å²) in [6.07, 6.45) is -4.64. The molecule has 0 aliphatic carbocycles. The van der Waals surface area contributed by atoms with Gasteiger partial charge >= 0.3 is 12.1 Å². The quantitative estimate of drug-likeness (QED) is 0.478. The molecule has 0 aliphatic heterocycles. The van der Waals surface area contributed by atoms with Crippen LogP contribution in [0.2, 0.25) is 0 Å². The number of hydrogen-bond acceptors (Lipinski definition) is 3. The van der Waals surface area contributed by atoms with Gasteiger partial charge in [-0.2, -0.15) is 13.2 Å². The van der Waals surface area contributed by atoms with Gasteiger partial charge in [-0.15, -0.1) is 12.4 Å². The van der Waals surface area contributed by atoms with E-state index in [2.05, 4.69) is 0 Å². The molecule has 0 saturated carbocycles. The van der Waals surface area contributed by atoms with Crippen molar-refractivity contribution in [1.82, 2.24) is 0 Å². The number of carbonyl (C=O) groups is 1. The average Bonchev–Trinajstić information content (AvgIpc) is 2.56. The molecule has 160 valence electrons. The lowest BCUT2D eigenvalue weighted by atomic mass is 9.89. The van der Waals surface area contributed by atoms with E-state index in [-0.39, 0.29) is 31.0 Å². The predicted molar refractivity (Wildman–Crippen MR) is 106 cm³/mol. The fourth-order valence-electron chi connectivity index (χ4n) is 3.30. The van der Waals surface area contributed by atoms with E-state index in [9.17, 15) is 22.4 Å². The van der Waals surface area contributed by atoms with Crippen LogP contribution in [0.5, 0.6) is 0 Å². The molecule has 0 saturated heterocycles. The molecule has 8 heteroatoms. The number of aryl methyl sites for hydroxylation is 3. The van der Waals surface area contributed by atoms with Crippen molar-refractivity contribution < 1.29 is 27.1 Å². The number of alkyl halides is 3. The van der Waals surface area contributed by atoms with Crippen molar-refractivity contribution in [1.29, 1.82) is 0 Å². The number of hydrogen-bond donors (Lipinski definition) is 1. The average molecular weight is 434 g/mol. The molecule has 0 aromatic heterocycles. The van der Waals surface area contributed by atoms with Gasteiger partial charge in [0.25, 0.3) is 0 Å². The lowest BCUT2D eigenvalue weighted by molar-refractivity contribution is -0.143. The van der Waals surface area contributed by atoms with Crippen LogP contribution in [0.15, 0.2) is 24.3 Å². The molecular formula is C21H24ClF4NO2. The monoisotopic (exact) mass is 433 g/mol. The van der Waals surface area contributed by atoms with E-state index in [4.69, 9.17) is 10.5 Å². The van der Waals surface area contributed by atoms with Gasteiger partial charge in [0.2, 0.25) is 0 Å². The minimum atomic E-state index is -4.44. The van der Waals surface area contributed by atoms with E-state index in [1.807, 2.05) is 0 Å². The van der Waals surface area contributed by atoms with E-state index in [1.54, 1.807) is 33.8 Å². The third kappa shape index (κ3) is 5.70. The summed E-state index contributed by atoms with van der Waals surface area (Å²) in [5.74, 6) is -1.08. The van der Waals surface area contributed by atoms with Crippen LogP contribution in [-0.2, 0) is 15.7 Å². The molecule has 2 aromatic carbocycles.